The Hall–Kier alpha value is -0.610. The molecule has 0 aromatic rings. The molecule has 1 unspecified atom stereocenters. The van der Waals surface area contributed by atoms with Crippen LogP contribution in [0, 0.1) is 0 Å². The highest BCUT2D eigenvalue weighted by atomic mass is 16.6. The second kappa shape index (κ2) is 7.63. The van der Waals surface area contributed by atoms with Crippen LogP contribution in [0.25, 0.3) is 0 Å². The summed E-state index contributed by atoms with van der Waals surface area (Å²) in [6, 6.07) is -0.270. The van der Waals surface area contributed by atoms with E-state index in [1.54, 1.807) is 6.92 Å². The molecule has 4 heteroatoms. The first-order chi connectivity index (χ1) is 7.37. The van der Waals surface area contributed by atoms with Crippen LogP contribution in [0.1, 0.15) is 47.0 Å². The maximum atomic E-state index is 11.6. The molecule has 2 N–H and O–H groups in total. The maximum Gasteiger partial charge on any atom is 0.323 e. The van der Waals surface area contributed by atoms with E-state index in [9.17, 15) is 4.79 Å². The third-order valence-electron chi connectivity index (χ3n) is 2.05. The predicted molar refractivity (Wildman–Crippen MR) is 64.2 cm³/mol. The number of hydrogen-bond donors (Lipinski definition) is 2. The molecule has 0 rings (SSSR count). The minimum absolute atomic E-state index is 0.213. The Morgan fingerprint density at radius 3 is 2.44 bits per heavy atom. The lowest BCUT2D eigenvalue weighted by Gasteiger charge is -2.22. The van der Waals surface area contributed by atoms with Crippen molar-refractivity contribution in [1.82, 2.24) is 5.32 Å². The van der Waals surface area contributed by atoms with E-state index < -0.39 is 5.60 Å². The molecule has 0 aliphatic carbocycles. The van der Waals surface area contributed by atoms with Gasteiger partial charge in [0.05, 0.1) is 0 Å². The van der Waals surface area contributed by atoms with Gasteiger partial charge in [-0.05, 0) is 53.5 Å². The molecule has 0 bridgehead atoms. The lowest BCUT2D eigenvalue weighted by atomic mass is 10.2. The normalized spacial score (nSPS) is 13.6. The van der Waals surface area contributed by atoms with Crippen LogP contribution in [-0.4, -0.2) is 35.9 Å². The van der Waals surface area contributed by atoms with Gasteiger partial charge in [-0.2, -0.15) is 0 Å². The second-order valence-electron chi connectivity index (χ2n) is 4.99. The molecule has 0 fully saturated rings. The van der Waals surface area contributed by atoms with Crippen molar-refractivity contribution < 1.29 is 14.6 Å². The molecule has 16 heavy (non-hydrogen) atoms. The monoisotopic (exact) mass is 231 g/mol. The van der Waals surface area contributed by atoms with Crippen molar-refractivity contribution >= 4 is 5.97 Å². The van der Waals surface area contributed by atoms with Crippen LogP contribution in [-0.2, 0) is 9.53 Å². The molecular weight excluding hydrogens is 206 g/mol. The van der Waals surface area contributed by atoms with Gasteiger partial charge in [-0.15, -0.1) is 0 Å². The zero-order chi connectivity index (χ0) is 12.6. The molecular formula is C12H25NO3. The average molecular weight is 231 g/mol. The molecule has 0 amide bonds. The third kappa shape index (κ3) is 8.68. The summed E-state index contributed by atoms with van der Waals surface area (Å²) in [6.07, 6.45) is 2.76. The predicted octanol–water partition coefficient (Wildman–Crippen LogP) is 1.47. The third-order valence-corrected chi connectivity index (χ3v) is 2.05. The van der Waals surface area contributed by atoms with Crippen LogP contribution >= 0.6 is 0 Å². The largest absolute Gasteiger partial charge is 0.459 e. The summed E-state index contributed by atoms with van der Waals surface area (Å²) < 4.78 is 5.24. The Morgan fingerprint density at radius 1 is 1.31 bits per heavy atom. The maximum absolute atomic E-state index is 11.6. The first-order valence-electron chi connectivity index (χ1n) is 5.94. The van der Waals surface area contributed by atoms with Gasteiger partial charge < -0.3 is 15.2 Å². The fourth-order valence-corrected chi connectivity index (χ4v) is 1.21. The molecule has 96 valence electrons. The minimum Gasteiger partial charge on any atom is -0.459 e. The smallest absolute Gasteiger partial charge is 0.323 e. The summed E-state index contributed by atoms with van der Waals surface area (Å²) in [5.41, 5.74) is -0.427. The number of unbranched alkanes of at least 4 members (excludes halogenated alkanes) is 2. The number of hydrogen-bond acceptors (Lipinski definition) is 4. The standard InChI is InChI=1S/C12H25NO3/c1-10(11(15)16-12(2,3)4)13-8-6-5-7-9-14/h10,13-14H,5-9H2,1-4H3. The van der Waals surface area contributed by atoms with Gasteiger partial charge in [0.25, 0.3) is 0 Å². The lowest BCUT2D eigenvalue weighted by molar-refractivity contribution is -0.156. The molecule has 0 spiro atoms. The van der Waals surface area contributed by atoms with Crippen LogP contribution in [0.5, 0.6) is 0 Å². The van der Waals surface area contributed by atoms with Crippen LogP contribution in [0.15, 0.2) is 0 Å². The Bertz CT molecular complexity index is 199. The second-order valence-corrected chi connectivity index (χ2v) is 4.99. The molecule has 0 aliphatic heterocycles. The molecule has 0 saturated heterocycles. The van der Waals surface area contributed by atoms with E-state index in [4.69, 9.17) is 9.84 Å². The summed E-state index contributed by atoms with van der Waals surface area (Å²) in [7, 11) is 0. The highest BCUT2D eigenvalue weighted by Gasteiger charge is 2.20. The minimum atomic E-state index is -0.427. The molecule has 0 saturated carbocycles. The van der Waals surface area contributed by atoms with E-state index in [0.29, 0.717) is 0 Å². The van der Waals surface area contributed by atoms with Gasteiger partial charge in [-0.3, -0.25) is 4.79 Å². The molecule has 4 nitrogen and oxygen atoms in total. The Labute approximate surface area is 98.4 Å². The highest BCUT2D eigenvalue weighted by molar-refractivity contribution is 5.75. The van der Waals surface area contributed by atoms with Crippen molar-refractivity contribution in [1.29, 1.82) is 0 Å². The van der Waals surface area contributed by atoms with Crippen LogP contribution in [0.2, 0.25) is 0 Å². The molecule has 0 radical (unpaired) electrons. The van der Waals surface area contributed by atoms with Gasteiger partial charge in [-0.1, -0.05) is 0 Å². The summed E-state index contributed by atoms with van der Waals surface area (Å²) in [4.78, 5) is 11.6. The number of ether oxygens (including phenoxy) is 1. The van der Waals surface area contributed by atoms with E-state index in [-0.39, 0.29) is 18.6 Å². The average Bonchev–Trinajstić information content (AvgIpc) is 2.14. The number of nitrogens with one attached hydrogen (secondary N) is 1. The van der Waals surface area contributed by atoms with Crippen molar-refractivity contribution in [2.75, 3.05) is 13.2 Å². The number of carbonyl (C=O) groups is 1. The summed E-state index contributed by atoms with van der Waals surface area (Å²) in [5.74, 6) is -0.213. The Kier molecular flexibility index (Phi) is 7.34. The number of aliphatic hydroxyl groups excluding tert-OH is 1. The van der Waals surface area contributed by atoms with E-state index >= 15 is 0 Å². The van der Waals surface area contributed by atoms with Gasteiger partial charge >= 0.3 is 5.97 Å². The zero-order valence-electron chi connectivity index (χ0n) is 10.9. The number of carbonyl (C=O) groups excluding carboxylic acids is 1. The van der Waals surface area contributed by atoms with E-state index in [1.807, 2.05) is 20.8 Å². The highest BCUT2D eigenvalue weighted by Crippen LogP contribution is 2.08. The van der Waals surface area contributed by atoms with E-state index in [2.05, 4.69) is 5.32 Å². The van der Waals surface area contributed by atoms with Crippen molar-refractivity contribution in [3.63, 3.8) is 0 Å². The molecule has 0 aliphatic rings. The SMILES string of the molecule is CC(NCCCCCO)C(=O)OC(C)(C)C. The van der Waals surface area contributed by atoms with Gasteiger partial charge in [0, 0.05) is 6.61 Å². The van der Waals surface area contributed by atoms with Gasteiger partial charge in [-0.25, -0.2) is 0 Å². The van der Waals surface area contributed by atoms with E-state index in [1.165, 1.54) is 0 Å². The van der Waals surface area contributed by atoms with Crippen LogP contribution in [0.3, 0.4) is 0 Å². The van der Waals surface area contributed by atoms with Crippen LogP contribution in [0.4, 0.5) is 0 Å². The van der Waals surface area contributed by atoms with Gasteiger partial charge in [0.15, 0.2) is 0 Å². The van der Waals surface area contributed by atoms with Crippen LogP contribution < -0.4 is 5.32 Å². The zero-order valence-corrected chi connectivity index (χ0v) is 10.9. The van der Waals surface area contributed by atoms with Gasteiger partial charge in [0.2, 0.25) is 0 Å². The molecule has 0 aromatic heterocycles. The number of rotatable bonds is 7. The lowest BCUT2D eigenvalue weighted by Crippen LogP contribution is -2.39. The fraction of sp³-hybridized carbons (Fsp3) is 0.917. The fourth-order valence-electron chi connectivity index (χ4n) is 1.21. The first-order valence-corrected chi connectivity index (χ1v) is 5.94. The topological polar surface area (TPSA) is 58.6 Å². The van der Waals surface area contributed by atoms with E-state index in [0.717, 1.165) is 25.8 Å². The Morgan fingerprint density at radius 2 is 1.94 bits per heavy atom. The molecule has 1 atom stereocenters. The Balaban J connectivity index is 3.64. The van der Waals surface area contributed by atoms with Crippen molar-refractivity contribution in [2.24, 2.45) is 0 Å². The first kappa shape index (κ1) is 15.4. The molecule has 0 heterocycles. The molecule has 0 aromatic carbocycles. The quantitative estimate of drug-likeness (QED) is 0.514. The van der Waals surface area contributed by atoms with Crippen molar-refractivity contribution in [3.05, 3.63) is 0 Å². The van der Waals surface area contributed by atoms with Crippen molar-refractivity contribution in [3.8, 4) is 0 Å². The van der Waals surface area contributed by atoms with Gasteiger partial charge in [0.1, 0.15) is 11.6 Å². The number of esters is 1. The summed E-state index contributed by atoms with van der Waals surface area (Å²) in [6.45, 7) is 8.40. The summed E-state index contributed by atoms with van der Waals surface area (Å²) in [5, 5.41) is 11.7. The summed E-state index contributed by atoms with van der Waals surface area (Å²) >= 11 is 0. The van der Waals surface area contributed by atoms with Crippen molar-refractivity contribution in [2.45, 2.75) is 58.6 Å². The number of aliphatic hydroxyl groups is 1.